The minimum atomic E-state index is -0.274. The van der Waals surface area contributed by atoms with Crippen LogP contribution in [0, 0.1) is 5.82 Å². The highest BCUT2D eigenvalue weighted by atomic mass is 32.1. The molecule has 20 heavy (non-hydrogen) atoms. The molecule has 3 rings (SSSR count). The number of thiazole rings is 1. The maximum atomic E-state index is 13.1. The minimum Gasteiger partial charge on any atom is -0.392 e. The van der Waals surface area contributed by atoms with Gasteiger partial charge in [-0.2, -0.15) is 0 Å². The maximum absolute atomic E-state index is 13.1. The van der Waals surface area contributed by atoms with E-state index in [1.165, 1.54) is 23.5 Å². The number of aromatic nitrogens is 1. The van der Waals surface area contributed by atoms with Gasteiger partial charge in [0.2, 0.25) is 0 Å². The first-order valence-electron chi connectivity index (χ1n) is 6.19. The molecule has 3 aromatic rings. The number of aliphatic hydroxyl groups is 1. The number of nitrogens with zero attached hydrogens (tertiary/aromatic N) is 1. The summed E-state index contributed by atoms with van der Waals surface area (Å²) in [5.41, 5.74) is 2.50. The summed E-state index contributed by atoms with van der Waals surface area (Å²) in [6.07, 6.45) is 3.80. The third-order valence-electron chi connectivity index (χ3n) is 3.00. The highest BCUT2D eigenvalue weighted by Gasteiger charge is 2.03. The fraction of sp³-hybridized carbons (Fsp3) is 0.0625. The summed E-state index contributed by atoms with van der Waals surface area (Å²) in [6, 6.07) is 12.2. The molecular formula is C16H12FNOS. The Morgan fingerprint density at radius 2 is 2.00 bits per heavy atom. The van der Waals surface area contributed by atoms with E-state index in [0.717, 1.165) is 20.8 Å². The molecule has 0 saturated heterocycles. The van der Waals surface area contributed by atoms with E-state index >= 15 is 0 Å². The topological polar surface area (TPSA) is 33.1 Å². The van der Waals surface area contributed by atoms with E-state index in [-0.39, 0.29) is 12.4 Å². The van der Waals surface area contributed by atoms with Crippen molar-refractivity contribution < 1.29 is 9.50 Å². The number of hydrogen-bond donors (Lipinski definition) is 1. The van der Waals surface area contributed by atoms with Gasteiger partial charge in [-0.05, 0) is 29.3 Å². The SMILES string of the molecule is OCc1ccccc1C=Cc1nc2cc(F)ccc2s1. The molecule has 0 bridgehead atoms. The Kier molecular flexibility index (Phi) is 3.58. The van der Waals surface area contributed by atoms with E-state index in [4.69, 9.17) is 0 Å². The Bertz CT molecular complexity index is 779. The van der Waals surface area contributed by atoms with Crippen LogP contribution in [0.1, 0.15) is 16.1 Å². The van der Waals surface area contributed by atoms with Crippen LogP contribution < -0.4 is 0 Å². The average Bonchev–Trinajstić information content (AvgIpc) is 2.87. The van der Waals surface area contributed by atoms with Crippen LogP contribution in [-0.4, -0.2) is 10.1 Å². The second-order valence-corrected chi connectivity index (χ2v) is 5.42. The van der Waals surface area contributed by atoms with Crippen molar-refractivity contribution in [2.45, 2.75) is 6.61 Å². The van der Waals surface area contributed by atoms with Crippen molar-refractivity contribution in [3.05, 3.63) is 64.4 Å². The highest BCUT2D eigenvalue weighted by molar-refractivity contribution is 7.19. The predicted molar refractivity (Wildman–Crippen MR) is 80.9 cm³/mol. The number of benzene rings is 2. The zero-order valence-corrected chi connectivity index (χ0v) is 11.4. The van der Waals surface area contributed by atoms with E-state index in [1.54, 1.807) is 6.07 Å². The summed E-state index contributed by atoms with van der Waals surface area (Å²) in [4.78, 5) is 4.37. The van der Waals surface area contributed by atoms with Crippen molar-refractivity contribution >= 4 is 33.7 Å². The van der Waals surface area contributed by atoms with Gasteiger partial charge >= 0.3 is 0 Å². The molecule has 4 heteroatoms. The second-order valence-electron chi connectivity index (χ2n) is 4.35. The van der Waals surface area contributed by atoms with E-state index in [0.29, 0.717) is 5.52 Å². The second kappa shape index (κ2) is 5.53. The molecule has 0 fully saturated rings. The van der Waals surface area contributed by atoms with Crippen LogP contribution in [0.5, 0.6) is 0 Å². The lowest BCUT2D eigenvalue weighted by atomic mass is 10.1. The molecule has 0 saturated carbocycles. The van der Waals surface area contributed by atoms with Crippen LogP contribution in [0.2, 0.25) is 0 Å². The van der Waals surface area contributed by atoms with Gasteiger partial charge in [0.15, 0.2) is 0 Å². The Labute approximate surface area is 119 Å². The molecule has 1 heterocycles. The lowest BCUT2D eigenvalue weighted by Gasteiger charge is -2.00. The highest BCUT2D eigenvalue weighted by Crippen LogP contribution is 2.24. The van der Waals surface area contributed by atoms with Crippen LogP contribution in [-0.2, 0) is 6.61 Å². The van der Waals surface area contributed by atoms with Crippen LogP contribution in [0.3, 0.4) is 0 Å². The van der Waals surface area contributed by atoms with Crippen LogP contribution in [0.4, 0.5) is 4.39 Å². The molecule has 0 unspecified atom stereocenters. The molecule has 0 aliphatic rings. The van der Waals surface area contributed by atoms with Gasteiger partial charge in [0, 0.05) is 6.07 Å². The monoisotopic (exact) mass is 285 g/mol. The van der Waals surface area contributed by atoms with Crippen molar-refractivity contribution in [3.8, 4) is 0 Å². The number of aliphatic hydroxyl groups excluding tert-OH is 1. The molecule has 2 aromatic carbocycles. The lowest BCUT2D eigenvalue weighted by Crippen LogP contribution is -1.86. The Morgan fingerprint density at radius 1 is 1.15 bits per heavy atom. The molecule has 0 radical (unpaired) electrons. The van der Waals surface area contributed by atoms with Crippen molar-refractivity contribution in [3.63, 3.8) is 0 Å². The van der Waals surface area contributed by atoms with Crippen LogP contribution in [0.25, 0.3) is 22.4 Å². The third kappa shape index (κ3) is 2.61. The van der Waals surface area contributed by atoms with E-state index in [2.05, 4.69) is 4.98 Å². The summed E-state index contributed by atoms with van der Waals surface area (Å²) < 4.78 is 14.1. The maximum Gasteiger partial charge on any atom is 0.125 e. The van der Waals surface area contributed by atoms with Crippen LogP contribution >= 0.6 is 11.3 Å². The number of fused-ring (bicyclic) bond motifs is 1. The number of halogens is 1. The van der Waals surface area contributed by atoms with Crippen LogP contribution in [0.15, 0.2) is 42.5 Å². The molecule has 0 atom stereocenters. The van der Waals surface area contributed by atoms with E-state index < -0.39 is 0 Å². The quantitative estimate of drug-likeness (QED) is 0.786. The molecule has 2 nitrogen and oxygen atoms in total. The fourth-order valence-electron chi connectivity index (χ4n) is 1.99. The Morgan fingerprint density at radius 3 is 2.85 bits per heavy atom. The summed E-state index contributed by atoms with van der Waals surface area (Å²) in [5.74, 6) is -0.274. The Hall–Kier alpha value is -2.04. The third-order valence-corrected chi connectivity index (χ3v) is 4.00. The zero-order chi connectivity index (χ0) is 13.9. The molecule has 0 aliphatic carbocycles. The summed E-state index contributed by atoms with van der Waals surface area (Å²) in [5, 5.41) is 10.1. The smallest absolute Gasteiger partial charge is 0.125 e. The number of rotatable bonds is 3. The van der Waals surface area contributed by atoms with Gasteiger partial charge < -0.3 is 5.11 Å². The van der Waals surface area contributed by atoms with Gasteiger partial charge in [0.25, 0.3) is 0 Å². The van der Waals surface area contributed by atoms with E-state index in [1.807, 2.05) is 36.4 Å². The fourth-order valence-corrected chi connectivity index (χ4v) is 2.84. The van der Waals surface area contributed by atoms with Gasteiger partial charge in [-0.15, -0.1) is 11.3 Å². The molecule has 0 spiro atoms. The van der Waals surface area contributed by atoms with Gasteiger partial charge in [-0.1, -0.05) is 30.3 Å². The van der Waals surface area contributed by atoms with Crippen molar-refractivity contribution in [2.75, 3.05) is 0 Å². The average molecular weight is 285 g/mol. The van der Waals surface area contributed by atoms with Gasteiger partial charge in [-0.3, -0.25) is 0 Å². The molecule has 100 valence electrons. The van der Waals surface area contributed by atoms with Crippen molar-refractivity contribution in [1.82, 2.24) is 4.98 Å². The molecular weight excluding hydrogens is 273 g/mol. The normalized spacial score (nSPS) is 11.5. The molecule has 1 aromatic heterocycles. The summed E-state index contributed by atoms with van der Waals surface area (Å²) >= 11 is 1.51. The van der Waals surface area contributed by atoms with Gasteiger partial charge in [0.1, 0.15) is 10.8 Å². The predicted octanol–water partition coefficient (Wildman–Crippen LogP) is 4.10. The molecule has 0 aliphatic heterocycles. The first-order chi connectivity index (χ1) is 9.76. The summed E-state index contributed by atoms with van der Waals surface area (Å²) in [6.45, 7) is 0.00552. The first kappa shape index (κ1) is 13.0. The summed E-state index contributed by atoms with van der Waals surface area (Å²) in [7, 11) is 0. The largest absolute Gasteiger partial charge is 0.392 e. The molecule has 1 N–H and O–H groups in total. The van der Waals surface area contributed by atoms with Gasteiger partial charge in [-0.25, -0.2) is 9.37 Å². The first-order valence-corrected chi connectivity index (χ1v) is 7.01. The standard InChI is InChI=1S/C16H12FNOS/c17-13-6-7-15-14(9-13)18-16(20-15)8-5-11-3-1-2-4-12(11)10-19/h1-9,19H,10H2. The minimum absolute atomic E-state index is 0.00552. The van der Waals surface area contributed by atoms with Crippen molar-refractivity contribution in [2.24, 2.45) is 0 Å². The zero-order valence-electron chi connectivity index (χ0n) is 10.6. The number of hydrogen-bond acceptors (Lipinski definition) is 3. The van der Waals surface area contributed by atoms with Crippen molar-refractivity contribution in [1.29, 1.82) is 0 Å². The Balaban J connectivity index is 1.94. The van der Waals surface area contributed by atoms with Gasteiger partial charge in [0.05, 0.1) is 16.8 Å². The van der Waals surface area contributed by atoms with E-state index in [9.17, 15) is 9.50 Å². The lowest BCUT2D eigenvalue weighted by molar-refractivity contribution is 0.281. The molecule has 0 amide bonds.